The zero-order valence-electron chi connectivity index (χ0n) is 10.3. The molecule has 0 heterocycles. The van der Waals surface area contributed by atoms with E-state index >= 15 is 0 Å². The van der Waals surface area contributed by atoms with Crippen molar-refractivity contribution in [2.75, 3.05) is 14.2 Å². The minimum Gasteiger partial charge on any atom is -0.381 e. The number of hydrogen-bond donors (Lipinski definition) is 1. The highest BCUT2D eigenvalue weighted by atomic mass is 16.5. The number of rotatable bonds is 9. The fourth-order valence-electron chi connectivity index (χ4n) is 1.58. The fourth-order valence-corrected chi connectivity index (χ4v) is 1.58. The van der Waals surface area contributed by atoms with Gasteiger partial charge >= 0.3 is 0 Å². The van der Waals surface area contributed by atoms with E-state index in [0.717, 1.165) is 0 Å². The van der Waals surface area contributed by atoms with Crippen molar-refractivity contribution in [2.24, 2.45) is 0 Å². The first-order valence-corrected chi connectivity index (χ1v) is 5.94. The fraction of sp³-hybridized carbons (Fsp3) is 1.00. The van der Waals surface area contributed by atoms with E-state index in [0.29, 0.717) is 12.1 Å². The van der Waals surface area contributed by atoms with Gasteiger partial charge in [-0.15, -0.1) is 0 Å². The Hall–Kier alpha value is -0.0800. The van der Waals surface area contributed by atoms with E-state index in [1.165, 1.54) is 38.5 Å². The third-order valence-corrected chi connectivity index (χ3v) is 2.88. The lowest BCUT2D eigenvalue weighted by atomic mass is 10.0. The highest BCUT2D eigenvalue weighted by Crippen LogP contribution is 2.12. The van der Waals surface area contributed by atoms with Crippen LogP contribution in [0.4, 0.5) is 0 Å². The molecule has 2 nitrogen and oxygen atoms in total. The van der Waals surface area contributed by atoms with Gasteiger partial charge in [-0.05, 0) is 33.2 Å². The molecule has 0 spiro atoms. The average molecular weight is 201 g/mol. The summed E-state index contributed by atoms with van der Waals surface area (Å²) in [5.41, 5.74) is 0. The van der Waals surface area contributed by atoms with Gasteiger partial charge in [0.25, 0.3) is 0 Å². The highest BCUT2D eigenvalue weighted by Gasteiger charge is 2.08. The van der Waals surface area contributed by atoms with E-state index in [1.54, 1.807) is 0 Å². The topological polar surface area (TPSA) is 21.3 Å². The standard InChI is InChI=1S/C12H27NO/c1-5-6-7-8-12(14-4)10-9-11(2)13-3/h11-13H,5-10H2,1-4H3/t11?,12-/m0/s1. The average Bonchev–Trinajstić information content (AvgIpc) is 2.22. The van der Waals surface area contributed by atoms with Crippen LogP contribution in [0.1, 0.15) is 52.4 Å². The Balaban J connectivity index is 3.47. The molecule has 0 aromatic heterocycles. The molecule has 86 valence electrons. The molecule has 14 heavy (non-hydrogen) atoms. The first-order valence-electron chi connectivity index (χ1n) is 5.94. The molecule has 0 aliphatic carbocycles. The van der Waals surface area contributed by atoms with Crippen LogP contribution >= 0.6 is 0 Å². The first-order chi connectivity index (χ1) is 6.74. The van der Waals surface area contributed by atoms with Crippen LogP contribution in [-0.4, -0.2) is 26.3 Å². The van der Waals surface area contributed by atoms with E-state index in [-0.39, 0.29) is 0 Å². The number of hydrogen-bond acceptors (Lipinski definition) is 2. The van der Waals surface area contributed by atoms with E-state index in [9.17, 15) is 0 Å². The van der Waals surface area contributed by atoms with Crippen molar-refractivity contribution in [3.63, 3.8) is 0 Å². The van der Waals surface area contributed by atoms with Crippen LogP contribution < -0.4 is 5.32 Å². The van der Waals surface area contributed by atoms with Gasteiger partial charge in [0.05, 0.1) is 6.10 Å². The zero-order chi connectivity index (χ0) is 10.8. The third-order valence-electron chi connectivity index (χ3n) is 2.88. The number of nitrogens with one attached hydrogen (secondary N) is 1. The summed E-state index contributed by atoms with van der Waals surface area (Å²) < 4.78 is 5.46. The third kappa shape index (κ3) is 7.34. The predicted octanol–water partition coefficient (Wildman–Crippen LogP) is 2.97. The predicted molar refractivity (Wildman–Crippen MR) is 62.7 cm³/mol. The van der Waals surface area contributed by atoms with Crippen LogP contribution in [0.25, 0.3) is 0 Å². The Kier molecular flexibility index (Phi) is 9.42. The Morgan fingerprint density at radius 2 is 1.86 bits per heavy atom. The van der Waals surface area contributed by atoms with E-state index in [4.69, 9.17) is 4.74 Å². The molecule has 1 N–H and O–H groups in total. The van der Waals surface area contributed by atoms with Crippen molar-refractivity contribution in [3.8, 4) is 0 Å². The lowest BCUT2D eigenvalue weighted by Gasteiger charge is -2.17. The molecule has 0 aromatic rings. The molecule has 0 bridgehead atoms. The van der Waals surface area contributed by atoms with Crippen molar-refractivity contribution in [2.45, 2.75) is 64.5 Å². The second-order valence-electron chi connectivity index (χ2n) is 4.12. The molecule has 0 aliphatic heterocycles. The van der Waals surface area contributed by atoms with Gasteiger partial charge < -0.3 is 10.1 Å². The molecule has 0 fully saturated rings. The summed E-state index contributed by atoms with van der Waals surface area (Å²) in [7, 11) is 3.85. The van der Waals surface area contributed by atoms with Gasteiger partial charge in [-0.1, -0.05) is 26.2 Å². The van der Waals surface area contributed by atoms with Gasteiger partial charge in [0.1, 0.15) is 0 Å². The minimum atomic E-state index is 0.470. The van der Waals surface area contributed by atoms with E-state index in [2.05, 4.69) is 19.2 Å². The van der Waals surface area contributed by atoms with E-state index < -0.39 is 0 Å². The number of methoxy groups -OCH3 is 1. The summed E-state index contributed by atoms with van der Waals surface area (Å²) in [6.45, 7) is 4.46. The molecule has 0 amide bonds. The lowest BCUT2D eigenvalue weighted by Crippen LogP contribution is -2.23. The van der Waals surface area contributed by atoms with Gasteiger partial charge in [0.15, 0.2) is 0 Å². The van der Waals surface area contributed by atoms with Crippen LogP contribution in [0.5, 0.6) is 0 Å². The summed E-state index contributed by atoms with van der Waals surface area (Å²) in [4.78, 5) is 0. The van der Waals surface area contributed by atoms with Crippen molar-refractivity contribution in [1.29, 1.82) is 0 Å². The van der Waals surface area contributed by atoms with E-state index in [1.807, 2.05) is 14.2 Å². The second-order valence-corrected chi connectivity index (χ2v) is 4.12. The summed E-state index contributed by atoms with van der Waals surface area (Å²) in [5.74, 6) is 0. The summed E-state index contributed by atoms with van der Waals surface area (Å²) in [6.07, 6.45) is 8.02. The molecule has 1 unspecified atom stereocenters. The van der Waals surface area contributed by atoms with Crippen molar-refractivity contribution >= 4 is 0 Å². The summed E-state index contributed by atoms with van der Waals surface area (Å²) in [6, 6.07) is 0.610. The molecule has 0 saturated heterocycles. The maximum atomic E-state index is 5.46. The molecular formula is C12H27NO. The summed E-state index contributed by atoms with van der Waals surface area (Å²) >= 11 is 0. The Morgan fingerprint density at radius 3 is 2.36 bits per heavy atom. The van der Waals surface area contributed by atoms with Gasteiger partial charge in [0, 0.05) is 13.2 Å². The SMILES string of the molecule is CCCCC[C@@H](CCC(C)NC)OC. The molecule has 0 aliphatic rings. The van der Waals surface area contributed by atoms with Crippen molar-refractivity contribution in [1.82, 2.24) is 5.32 Å². The molecule has 2 heteroatoms. The largest absolute Gasteiger partial charge is 0.381 e. The molecular weight excluding hydrogens is 174 g/mol. The molecule has 0 saturated carbocycles. The van der Waals surface area contributed by atoms with Gasteiger partial charge in [-0.25, -0.2) is 0 Å². The Morgan fingerprint density at radius 1 is 1.14 bits per heavy atom. The van der Waals surface area contributed by atoms with Gasteiger partial charge in [0.2, 0.25) is 0 Å². The van der Waals surface area contributed by atoms with Gasteiger partial charge in [-0.3, -0.25) is 0 Å². The maximum absolute atomic E-state index is 5.46. The minimum absolute atomic E-state index is 0.470. The lowest BCUT2D eigenvalue weighted by molar-refractivity contribution is 0.0819. The first kappa shape index (κ1) is 13.9. The van der Waals surface area contributed by atoms with Crippen LogP contribution in [0.15, 0.2) is 0 Å². The number of unbranched alkanes of at least 4 members (excludes halogenated alkanes) is 2. The Labute approximate surface area is 89.4 Å². The highest BCUT2D eigenvalue weighted by molar-refractivity contribution is 4.64. The molecule has 0 rings (SSSR count). The normalized spacial score (nSPS) is 15.4. The van der Waals surface area contributed by atoms with Crippen molar-refractivity contribution in [3.05, 3.63) is 0 Å². The Bertz CT molecular complexity index is 117. The van der Waals surface area contributed by atoms with Crippen LogP contribution in [-0.2, 0) is 4.74 Å². The number of ether oxygens (including phenoxy) is 1. The monoisotopic (exact) mass is 201 g/mol. The van der Waals surface area contributed by atoms with Crippen LogP contribution in [0.2, 0.25) is 0 Å². The smallest absolute Gasteiger partial charge is 0.0572 e. The van der Waals surface area contributed by atoms with Crippen LogP contribution in [0, 0.1) is 0 Å². The quantitative estimate of drug-likeness (QED) is 0.579. The molecule has 0 aromatic carbocycles. The molecule has 0 radical (unpaired) electrons. The maximum Gasteiger partial charge on any atom is 0.0572 e. The zero-order valence-corrected chi connectivity index (χ0v) is 10.3. The summed E-state index contributed by atoms with van der Waals surface area (Å²) in [5, 5.41) is 3.26. The van der Waals surface area contributed by atoms with Crippen LogP contribution in [0.3, 0.4) is 0 Å². The van der Waals surface area contributed by atoms with Gasteiger partial charge in [-0.2, -0.15) is 0 Å². The second kappa shape index (κ2) is 9.47. The molecule has 2 atom stereocenters. The van der Waals surface area contributed by atoms with Crippen molar-refractivity contribution < 1.29 is 4.74 Å².